The second-order valence-corrected chi connectivity index (χ2v) is 6.31. The highest BCUT2D eigenvalue weighted by molar-refractivity contribution is 5.94. The molecule has 2 aromatic carbocycles. The molecule has 0 aliphatic rings. The zero-order chi connectivity index (χ0) is 19.1. The van der Waals surface area contributed by atoms with Crippen LogP contribution in [-0.2, 0) is 11.3 Å². The SMILES string of the molecule is COc1cc(C(C)=O)ccc1OCC(=O)N(Cc1ccccc1)C(C)C. The molecular weight excluding hydrogens is 330 g/mol. The Morgan fingerprint density at radius 2 is 1.73 bits per heavy atom. The minimum absolute atomic E-state index is 0.0493. The number of ketones is 1. The van der Waals surface area contributed by atoms with Crippen LogP contribution in [0.5, 0.6) is 11.5 Å². The minimum atomic E-state index is -0.110. The van der Waals surface area contributed by atoms with E-state index in [9.17, 15) is 9.59 Å². The van der Waals surface area contributed by atoms with Crippen molar-refractivity contribution < 1.29 is 19.1 Å². The molecule has 1 amide bonds. The fraction of sp³-hybridized carbons (Fsp3) is 0.333. The first kappa shape index (κ1) is 19.5. The van der Waals surface area contributed by atoms with E-state index in [4.69, 9.17) is 9.47 Å². The van der Waals surface area contributed by atoms with Gasteiger partial charge in [0.25, 0.3) is 5.91 Å². The highest BCUT2D eigenvalue weighted by Crippen LogP contribution is 2.28. The molecule has 5 nitrogen and oxygen atoms in total. The Hall–Kier alpha value is -2.82. The minimum Gasteiger partial charge on any atom is -0.493 e. The normalized spacial score (nSPS) is 10.5. The van der Waals surface area contributed by atoms with Gasteiger partial charge in [-0.1, -0.05) is 30.3 Å². The molecule has 0 bridgehead atoms. The molecule has 0 aliphatic heterocycles. The number of hydrogen-bond donors (Lipinski definition) is 0. The summed E-state index contributed by atoms with van der Waals surface area (Å²) in [7, 11) is 1.50. The fourth-order valence-corrected chi connectivity index (χ4v) is 2.57. The van der Waals surface area contributed by atoms with Gasteiger partial charge >= 0.3 is 0 Å². The van der Waals surface area contributed by atoms with E-state index in [1.54, 1.807) is 23.1 Å². The summed E-state index contributed by atoms with van der Waals surface area (Å²) in [5.41, 5.74) is 1.60. The second-order valence-electron chi connectivity index (χ2n) is 6.31. The van der Waals surface area contributed by atoms with Crippen LogP contribution in [0.25, 0.3) is 0 Å². The molecule has 0 radical (unpaired) electrons. The maximum Gasteiger partial charge on any atom is 0.261 e. The number of nitrogens with zero attached hydrogens (tertiary/aromatic N) is 1. The number of rotatable bonds is 8. The van der Waals surface area contributed by atoms with Crippen LogP contribution in [0.1, 0.15) is 36.7 Å². The Morgan fingerprint density at radius 3 is 2.31 bits per heavy atom. The van der Waals surface area contributed by atoms with Crippen LogP contribution < -0.4 is 9.47 Å². The second kappa shape index (κ2) is 9.04. The van der Waals surface area contributed by atoms with Gasteiger partial charge in [0.2, 0.25) is 0 Å². The maximum absolute atomic E-state index is 12.6. The lowest BCUT2D eigenvalue weighted by Gasteiger charge is -2.27. The zero-order valence-electron chi connectivity index (χ0n) is 15.7. The average Bonchev–Trinajstić information content (AvgIpc) is 2.64. The molecular formula is C21H25NO4. The third-order valence-electron chi connectivity index (χ3n) is 4.06. The number of hydrogen-bond acceptors (Lipinski definition) is 4. The largest absolute Gasteiger partial charge is 0.493 e. The Kier molecular flexibility index (Phi) is 6.78. The number of carbonyl (C=O) groups is 2. The Balaban J connectivity index is 2.07. The van der Waals surface area contributed by atoms with Gasteiger partial charge in [-0.15, -0.1) is 0 Å². The van der Waals surface area contributed by atoms with Crippen molar-refractivity contribution in [2.45, 2.75) is 33.4 Å². The van der Waals surface area contributed by atoms with Crippen molar-refractivity contribution in [2.24, 2.45) is 0 Å². The van der Waals surface area contributed by atoms with E-state index in [0.29, 0.717) is 23.6 Å². The van der Waals surface area contributed by atoms with Gasteiger partial charge in [-0.25, -0.2) is 0 Å². The highest BCUT2D eigenvalue weighted by atomic mass is 16.5. The van der Waals surface area contributed by atoms with Crippen molar-refractivity contribution in [2.75, 3.05) is 13.7 Å². The summed E-state index contributed by atoms with van der Waals surface area (Å²) in [6, 6.07) is 14.8. The van der Waals surface area contributed by atoms with E-state index in [0.717, 1.165) is 5.56 Å². The van der Waals surface area contributed by atoms with Gasteiger partial charge in [0.05, 0.1) is 7.11 Å². The quantitative estimate of drug-likeness (QED) is 0.677. The summed E-state index contributed by atoms with van der Waals surface area (Å²) in [5, 5.41) is 0. The number of carbonyl (C=O) groups excluding carboxylic acids is 2. The first-order valence-electron chi connectivity index (χ1n) is 8.57. The highest BCUT2D eigenvalue weighted by Gasteiger charge is 2.19. The van der Waals surface area contributed by atoms with Crippen molar-refractivity contribution in [1.82, 2.24) is 4.90 Å². The molecule has 0 N–H and O–H groups in total. The van der Waals surface area contributed by atoms with E-state index in [-0.39, 0.29) is 24.3 Å². The summed E-state index contributed by atoms with van der Waals surface area (Å²) in [6.07, 6.45) is 0. The Labute approximate surface area is 154 Å². The van der Waals surface area contributed by atoms with Gasteiger partial charge in [-0.2, -0.15) is 0 Å². The molecule has 2 rings (SSSR count). The Bertz CT molecular complexity index is 756. The summed E-state index contributed by atoms with van der Waals surface area (Å²) < 4.78 is 10.9. The predicted molar refractivity (Wildman–Crippen MR) is 101 cm³/mol. The Morgan fingerprint density at radius 1 is 1.04 bits per heavy atom. The van der Waals surface area contributed by atoms with Crippen molar-refractivity contribution in [1.29, 1.82) is 0 Å². The van der Waals surface area contributed by atoms with E-state index in [1.165, 1.54) is 14.0 Å². The van der Waals surface area contributed by atoms with Crippen LogP contribution in [0.2, 0.25) is 0 Å². The van der Waals surface area contributed by atoms with Crippen molar-refractivity contribution in [3.63, 3.8) is 0 Å². The monoisotopic (exact) mass is 355 g/mol. The fourth-order valence-electron chi connectivity index (χ4n) is 2.57. The lowest BCUT2D eigenvalue weighted by molar-refractivity contribution is -0.135. The third-order valence-corrected chi connectivity index (χ3v) is 4.06. The molecule has 0 heterocycles. The van der Waals surface area contributed by atoms with E-state index in [2.05, 4.69) is 0 Å². The molecule has 0 aromatic heterocycles. The van der Waals surface area contributed by atoms with Crippen LogP contribution in [-0.4, -0.2) is 36.3 Å². The van der Waals surface area contributed by atoms with Gasteiger partial charge in [-0.3, -0.25) is 9.59 Å². The van der Waals surface area contributed by atoms with Crippen LogP contribution in [0.4, 0.5) is 0 Å². The first-order chi connectivity index (χ1) is 12.4. The summed E-state index contributed by atoms with van der Waals surface area (Å²) in [6.45, 7) is 5.87. The first-order valence-corrected chi connectivity index (χ1v) is 8.57. The van der Waals surface area contributed by atoms with E-state index in [1.807, 2.05) is 44.2 Å². The molecule has 0 fully saturated rings. The smallest absolute Gasteiger partial charge is 0.261 e. The van der Waals surface area contributed by atoms with Crippen molar-refractivity contribution in [3.8, 4) is 11.5 Å². The number of methoxy groups -OCH3 is 1. The van der Waals surface area contributed by atoms with Crippen molar-refractivity contribution >= 4 is 11.7 Å². The lowest BCUT2D eigenvalue weighted by Crippen LogP contribution is -2.39. The maximum atomic E-state index is 12.6. The number of ether oxygens (including phenoxy) is 2. The zero-order valence-corrected chi connectivity index (χ0v) is 15.7. The summed E-state index contributed by atoms with van der Waals surface area (Å²) in [4.78, 5) is 25.9. The summed E-state index contributed by atoms with van der Waals surface area (Å²) in [5.74, 6) is 0.709. The van der Waals surface area contributed by atoms with Gasteiger partial charge < -0.3 is 14.4 Å². The van der Waals surface area contributed by atoms with Gasteiger partial charge in [-0.05, 0) is 44.5 Å². The molecule has 0 spiro atoms. The summed E-state index contributed by atoms with van der Waals surface area (Å²) >= 11 is 0. The average molecular weight is 355 g/mol. The molecule has 0 aliphatic carbocycles. The standard InChI is InChI=1S/C21H25NO4/c1-15(2)22(13-17-8-6-5-7-9-17)21(24)14-26-19-11-10-18(16(3)23)12-20(19)25-4/h5-12,15H,13-14H2,1-4H3. The molecule has 0 saturated heterocycles. The lowest BCUT2D eigenvalue weighted by atomic mass is 10.1. The van der Waals surface area contributed by atoms with E-state index >= 15 is 0 Å². The van der Waals surface area contributed by atoms with Crippen LogP contribution in [0, 0.1) is 0 Å². The van der Waals surface area contributed by atoms with Crippen LogP contribution in [0.15, 0.2) is 48.5 Å². The van der Waals surface area contributed by atoms with Crippen molar-refractivity contribution in [3.05, 3.63) is 59.7 Å². The predicted octanol–water partition coefficient (Wildman–Crippen LogP) is 3.71. The number of Topliss-reactive ketones (excluding diaryl/α,β-unsaturated/α-hetero) is 1. The molecule has 0 atom stereocenters. The van der Waals surface area contributed by atoms with Gasteiger partial charge in [0.15, 0.2) is 23.9 Å². The number of benzene rings is 2. The van der Waals surface area contributed by atoms with E-state index < -0.39 is 0 Å². The molecule has 0 unspecified atom stereocenters. The number of amides is 1. The molecule has 26 heavy (non-hydrogen) atoms. The van der Waals surface area contributed by atoms with Crippen LogP contribution >= 0.6 is 0 Å². The molecule has 5 heteroatoms. The van der Waals surface area contributed by atoms with Gasteiger partial charge in [0, 0.05) is 18.2 Å². The van der Waals surface area contributed by atoms with Gasteiger partial charge in [0.1, 0.15) is 0 Å². The topological polar surface area (TPSA) is 55.8 Å². The molecule has 0 saturated carbocycles. The van der Waals surface area contributed by atoms with Crippen LogP contribution in [0.3, 0.4) is 0 Å². The third kappa shape index (κ3) is 5.09. The molecule has 2 aromatic rings. The molecule has 138 valence electrons.